The van der Waals surface area contributed by atoms with Crippen LogP contribution < -0.4 is 5.32 Å². The first-order valence-corrected chi connectivity index (χ1v) is 6.77. The van der Waals surface area contributed by atoms with Gasteiger partial charge in [-0.25, -0.2) is 9.78 Å². The van der Waals surface area contributed by atoms with Gasteiger partial charge in [-0.05, 0) is 6.42 Å². The number of hydrogen-bond donors (Lipinski definition) is 2. The number of rotatable bonds is 6. The van der Waals surface area contributed by atoms with Gasteiger partial charge in [-0.2, -0.15) is 13.2 Å². The fourth-order valence-corrected chi connectivity index (χ4v) is 2.24. The number of carbonyl (C=O) groups is 2. The van der Waals surface area contributed by atoms with E-state index in [-0.39, 0.29) is 11.4 Å². The van der Waals surface area contributed by atoms with Crippen LogP contribution in [0.4, 0.5) is 18.0 Å². The summed E-state index contributed by atoms with van der Waals surface area (Å²) in [4.78, 5) is 27.3. The molecule has 0 radical (unpaired) electrons. The maximum Gasteiger partial charge on any atom is 0.406 e. The Labute approximate surface area is 122 Å². The van der Waals surface area contributed by atoms with E-state index in [9.17, 15) is 22.8 Å². The maximum absolute atomic E-state index is 12.3. The second kappa shape index (κ2) is 7.25. The lowest BCUT2D eigenvalue weighted by Gasteiger charge is -2.22. The monoisotopic (exact) mass is 325 g/mol. The Kier molecular flexibility index (Phi) is 5.94. The third-order valence-corrected chi connectivity index (χ3v) is 3.47. The molecule has 0 aliphatic carbocycles. The number of nitrogens with one attached hydrogen (secondary N) is 1. The van der Waals surface area contributed by atoms with Crippen molar-refractivity contribution < 1.29 is 27.9 Å². The minimum Gasteiger partial charge on any atom is -0.480 e. The summed E-state index contributed by atoms with van der Waals surface area (Å²) in [5.41, 5.74) is 0. The molecule has 0 unspecified atom stereocenters. The van der Waals surface area contributed by atoms with Gasteiger partial charge in [0.25, 0.3) is 0 Å². The third-order valence-electron chi connectivity index (χ3n) is 2.32. The van der Waals surface area contributed by atoms with Gasteiger partial charge in [-0.15, -0.1) is 11.3 Å². The summed E-state index contributed by atoms with van der Waals surface area (Å²) in [6, 6.07) is -1.09. The average Bonchev–Trinajstić information content (AvgIpc) is 2.80. The van der Waals surface area contributed by atoms with Crippen molar-refractivity contribution in [1.82, 2.24) is 15.2 Å². The zero-order valence-corrected chi connectivity index (χ0v) is 11.9. The molecule has 0 atom stereocenters. The van der Waals surface area contributed by atoms with Crippen LogP contribution in [0.1, 0.15) is 16.8 Å². The number of nitrogens with zero attached hydrogens (tertiary/aromatic N) is 2. The second-order valence-corrected chi connectivity index (χ2v) is 5.30. The van der Waals surface area contributed by atoms with Crippen molar-refractivity contribution in [1.29, 1.82) is 0 Å². The van der Waals surface area contributed by atoms with E-state index in [1.54, 1.807) is 6.20 Å². The van der Waals surface area contributed by atoms with E-state index in [0.29, 0.717) is 5.01 Å². The van der Waals surface area contributed by atoms with Gasteiger partial charge in [0.15, 0.2) is 0 Å². The number of halogens is 3. The lowest BCUT2D eigenvalue weighted by Crippen LogP contribution is -2.46. The fourth-order valence-electron chi connectivity index (χ4n) is 1.44. The molecule has 1 aromatic heterocycles. The molecule has 10 heteroatoms. The molecule has 6 nitrogen and oxygen atoms in total. The molecule has 2 N–H and O–H groups in total. The van der Waals surface area contributed by atoms with Gasteiger partial charge in [0.1, 0.15) is 18.1 Å². The van der Waals surface area contributed by atoms with E-state index in [1.807, 2.05) is 6.92 Å². The molecule has 1 aromatic rings. The molecular formula is C11H14F3N3O3S. The lowest BCUT2D eigenvalue weighted by atomic mass is 10.4. The van der Waals surface area contributed by atoms with Crippen LogP contribution in [0.5, 0.6) is 0 Å². The summed E-state index contributed by atoms with van der Waals surface area (Å²) < 4.78 is 36.9. The predicted octanol–water partition coefficient (Wildman–Crippen LogP) is 1.86. The van der Waals surface area contributed by atoms with Crippen LogP contribution in [0.2, 0.25) is 0 Å². The van der Waals surface area contributed by atoms with E-state index in [1.165, 1.54) is 11.3 Å². The molecule has 1 rings (SSSR count). The number of thiazole rings is 1. The first kappa shape index (κ1) is 17.2. The number of aliphatic carboxylic acids is 1. The molecule has 0 bridgehead atoms. The summed E-state index contributed by atoms with van der Waals surface area (Å²) in [6.45, 7) is -0.766. The van der Waals surface area contributed by atoms with Crippen LogP contribution in [0.3, 0.4) is 0 Å². The Morgan fingerprint density at radius 3 is 2.62 bits per heavy atom. The molecule has 0 aliphatic heterocycles. The highest BCUT2D eigenvalue weighted by molar-refractivity contribution is 7.11. The van der Waals surface area contributed by atoms with Crippen LogP contribution in [-0.2, 0) is 17.8 Å². The van der Waals surface area contributed by atoms with Crippen molar-refractivity contribution in [2.75, 3.05) is 13.1 Å². The number of carboxylic acids is 1. The Bertz CT molecular complexity index is 504. The van der Waals surface area contributed by atoms with Gasteiger partial charge >= 0.3 is 18.2 Å². The molecule has 2 amide bonds. The van der Waals surface area contributed by atoms with Crippen molar-refractivity contribution >= 4 is 23.3 Å². The first-order chi connectivity index (χ1) is 9.71. The normalized spacial score (nSPS) is 11.2. The van der Waals surface area contributed by atoms with E-state index < -0.39 is 31.3 Å². The van der Waals surface area contributed by atoms with Gasteiger partial charge in [-0.1, -0.05) is 6.92 Å². The molecular weight excluding hydrogens is 311 g/mol. The average molecular weight is 325 g/mol. The summed E-state index contributed by atoms with van der Waals surface area (Å²) in [7, 11) is 0. The van der Waals surface area contributed by atoms with Gasteiger partial charge in [0, 0.05) is 11.1 Å². The highest BCUT2D eigenvalue weighted by Gasteiger charge is 2.34. The Morgan fingerprint density at radius 2 is 2.14 bits per heavy atom. The first-order valence-electron chi connectivity index (χ1n) is 5.96. The highest BCUT2D eigenvalue weighted by atomic mass is 32.1. The van der Waals surface area contributed by atoms with Crippen molar-refractivity contribution in [3.63, 3.8) is 0 Å². The van der Waals surface area contributed by atoms with Gasteiger partial charge in [0.2, 0.25) is 0 Å². The summed E-state index contributed by atoms with van der Waals surface area (Å²) >= 11 is 1.33. The molecule has 118 valence electrons. The zero-order valence-electron chi connectivity index (χ0n) is 11.1. The molecule has 0 saturated heterocycles. The van der Waals surface area contributed by atoms with Gasteiger partial charge < -0.3 is 15.3 Å². The molecule has 1 heterocycles. The smallest absolute Gasteiger partial charge is 0.406 e. The quantitative estimate of drug-likeness (QED) is 0.836. The van der Waals surface area contributed by atoms with Gasteiger partial charge in [0.05, 0.1) is 6.54 Å². The number of carbonyl (C=O) groups excluding carboxylic acids is 1. The highest BCUT2D eigenvalue weighted by Crippen LogP contribution is 2.17. The van der Waals surface area contributed by atoms with Crippen LogP contribution in [0, 0.1) is 0 Å². The number of aromatic nitrogens is 1. The minimum atomic E-state index is -4.66. The predicted molar refractivity (Wildman–Crippen MR) is 69.0 cm³/mol. The molecule has 0 aliphatic rings. The van der Waals surface area contributed by atoms with Crippen molar-refractivity contribution in [2.45, 2.75) is 26.1 Å². The fraction of sp³-hybridized carbons (Fsp3) is 0.545. The molecule has 0 aromatic carbocycles. The molecule has 0 spiro atoms. The summed E-state index contributed by atoms with van der Waals surface area (Å²) in [5.74, 6) is -1.52. The number of amides is 2. The number of hydrogen-bond acceptors (Lipinski definition) is 4. The van der Waals surface area contributed by atoms with Crippen LogP contribution in [0.15, 0.2) is 6.20 Å². The van der Waals surface area contributed by atoms with Crippen molar-refractivity contribution in [3.8, 4) is 0 Å². The van der Waals surface area contributed by atoms with Gasteiger partial charge in [-0.3, -0.25) is 4.79 Å². The number of alkyl halides is 3. The van der Waals surface area contributed by atoms with E-state index >= 15 is 0 Å². The zero-order chi connectivity index (χ0) is 16.0. The van der Waals surface area contributed by atoms with E-state index in [2.05, 4.69) is 10.3 Å². The van der Waals surface area contributed by atoms with E-state index in [0.717, 1.165) is 11.3 Å². The standard InChI is InChI=1S/C11H14F3N3O3S/c1-2-7-3-15-8(21-7)4-16-10(20)17(5-9(18)19)6-11(12,13)14/h3H,2,4-6H2,1H3,(H,16,20)(H,18,19). The van der Waals surface area contributed by atoms with Crippen LogP contribution >= 0.6 is 11.3 Å². The number of aryl methyl sites for hydroxylation is 1. The number of urea groups is 1. The second-order valence-electron chi connectivity index (χ2n) is 4.10. The summed E-state index contributed by atoms with van der Waals surface area (Å²) in [5, 5.41) is 11.3. The van der Waals surface area contributed by atoms with Crippen molar-refractivity contribution in [2.24, 2.45) is 0 Å². The summed E-state index contributed by atoms with van der Waals surface area (Å²) in [6.07, 6.45) is -2.27. The lowest BCUT2D eigenvalue weighted by molar-refractivity contribution is -0.148. The topological polar surface area (TPSA) is 82.5 Å². The Morgan fingerprint density at radius 1 is 1.48 bits per heavy atom. The van der Waals surface area contributed by atoms with Crippen molar-refractivity contribution in [3.05, 3.63) is 16.1 Å². The molecule has 0 saturated carbocycles. The largest absolute Gasteiger partial charge is 0.480 e. The maximum atomic E-state index is 12.3. The Hall–Kier alpha value is -1.84. The molecule has 0 fully saturated rings. The van der Waals surface area contributed by atoms with E-state index in [4.69, 9.17) is 5.11 Å². The minimum absolute atomic E-state index is 0.0442. The SMILES string of the molecule is CCc1cnc(CNC(=O)N(CC(=O)O)CC(F)(F)F)s1. The van der Waals surface area contributed by atoms with Crippen LogP contribution in [-0.4, -0.2) is 46.3 Å². The third kappa shape index (κ3) is 6.43. The number of carboxylic acid groups (broad SMARTS) is 1. The van der Waals surface area contributed by atoms with Crippen LogP contribution in [0.25, 0.3) is 0 Å². The molecule has 21 heavy (non-hydrogen) atoms. The Balaban J connectivity index is 2.60.